The maximum absolute atomic E-state index is 10.9. The van der Waals surface area contributed by atoms with Crippen LogP contribution in [0.15, 0.2) is 30.5 Å². The Hall–Kier alpha value is -1.76. The van der Waals surface area contributed by atoms with Crippen LogP contribution in [-0.4, -0.2) is 19.9 Å². The molecule has 2 aromatic rings. The second-order valence-corrected chi connectivity index (χ2v) is 3.96. The Morgan fingerprint density at radius 1 is 1.41 bits per heavy atom. The van der Waals surface area contributed by atoms with Crippen molar-refractivity contribution in [2.45, 2.75) is 11.9 Å². The van der Waals surface area contributed by atoms with Crippen LogP contribution in [0.3, 0.4) is 0 Å². The lowest BCUT2D eigenvalue weighted by molar-refractivity contribution is -0.385. The molecule has 0 saturated heterocycles. The molecule has 88 valence electrons. The highest BCUT2D eigenvalue weighted by Gasteiger charge is 2.14. The van der Waals surface area contributed by atoms with Crippen LogP contribution in [0, 0.1) is 10.1 Å². The highest BCUT2D eigenvalue weighted by atomic mass is 79.9. The first kappa shape index (κ1) is 11.7. The van der Waals surface area contributed by atoms with Crippen molar-refractivity contribution in [2.24, 2.45) is 0 Å². The molecule has 0 unspecified atom stereocenters. The van der Waals surface area contributed by atoms with Gasteiger partial charge in [0, 0.05) is 11.4 Å². The third-order valence-electron chi connectivity index (χ3n) is 2.34. The highest BCUT2D eigenvalue weighted by Crippen LogP contribution is 2.19. The molecule has 0 amide bonds. The molecule has 0 saturated carbocycles. The first-order valence-corrected chi connectivity index (χ1v) is 6.00. The third kappa shape index (κ3) is 2.50. The fraction of sp³-hybridized carbons (Fsp3) is 0.200. The number of halogens is 1. The molecule has 1 aromatic heterocycles. The predicted octanol–water partition coefficient (Wildman–Crippen LogP) is 2.13. The minimum Gasteiger partial charge on any atom is -0.258 e. The van der Waals surface area contributed by atoms with E-state index in [-0.39, 0.29) is 10.6 Å². The number of hydrogen-bond donors (Lipinski definition) is 0. The predicted molar refractivity (Wildman–Crippen MR) is 64.9 cm³/mol. The summed E-state index contributed by atoms with van der Waals surface area (Å²) >= 11 is 3.31. The fourth-order valence-electron chi connectivity index (χ4n) is 1.50. The van der Waals surface area contributed by atoms with Gasteiger partial charge in [0.2, 0.25) is 0 Å². The van der Waals surface area contributed by atoms with Gasteiger partial charge in [-0.15, -0.1) is 5.10 Å². The summed E-state index contributed by atoms with van der Waals surface area (Å²) in [7, 11) is 0. The van der Waals surface area contributed by atoms with E-state index >= 15 is 0 Å². The van der Waals surface area contributed by atoms with E-state index in [1.807, 2.05) is 0 Å². The van der Waals surface area contributed by atoms with Gasteiger partial charge in [0.05, 0.1) is 28.9 Å². The van der Waals surface area contributed by atoms with Crippen molar-refractivity contribution in [1.82, 2.24) is 15.0 Å². The number of alkyl halides is 1. The van der Waals surface area contributed by atoms with Crippen LogP contribution in [0.2, 0.25) is 0 Å². The van der Waals surface area contributed by atoms with Crippen molar-refractivity contribution in [3.63, 3.8) is 0 Å². The normalized spacial score (nSPS) is 10.4. The maximum Gasteiger partial charge on any atom is 0.274 e. The van der Waals surface area contributed by atoms with Crippen LogP contribution in [0.5, 0.6) is 0 Å². The van der Waals surface area contributed by atoms with E-state index in [0.717, 1.165) is 5.69 Å². The van der Waals surface area contributed by atoms with Gasteiger partial charge in [0.25, 0.3) is 5.69 Å². The zero-order chi connectivity index (χ0) is 12.3. The van der Waals surface area contributed by atoms with Crippen LogP contribution in [-0.2, 0) is 11.9 Å². The summed E-state index contributed by atoms with van der Waals surface area (Å²) in [5, 5.41) is 19.1. The smallest absolute Gasteiger partial charge is 0.258 e. The molecular formula is C10H9BrN4O2. The second-order valence-electron chi connectivity index (χ2n) is 3.40. The Kier molecular flexibility index (Phi) is 3.48. The highest BCUT2D eigenvalue weighted by molar-refractivity contribution is 9.08. The number of nitro benzene ring substituents is 1. The van der Waals surface area contributed by atoms with Crippen LogP contribution >= 0.6 is 15.9 Å². The van der Waals surface area contributed by atoms with Crippen LogP contribution < -0.4 is 0 Å². The number of nitrogens with zero attached hydrogens (tertiary/aromatic N) is 4. The lowest BCUT2D eigenvalue weighted by Gasteiger charge is -2.04. The third-order valence-corrected chi connectivity index (χ3v) is 2.92. The lowest BCUT2D eigenvalue weighted by Crippen LogP contribution is -2.07. The van der Waals surface area contributed by atoms with Crippen molar-refractivity contribution >= 4 is 21.6 Å². The van der Waals surface area contributed by atoms with E-state index in [1.165, 1.54) is 6.07 Å². The molecule has 6 nitrogen and oxygen atoms in total. The average molecular weight is 297 g/mol. The van der Waals surface area contributed by atoms with Crippen molar-refractivity contribution in [3.05, 3.63) is 51.8 Å². The summed E-state index contributed by atoms with van der Waals surface area (Å²) < 4.78 is 1.64. The number of hydrogen-bond acceptors (Lipinski definition) is 4. The van der Waals surface area contributed by atoms with Gasteiger partial charge in [-0.25, -0.2) is 4.68 Å². The molecule has 0 aliphatic carbocycles. The molecule has 2 rings (SSSR count). The number of aromatic nitrogens is 3. The van der Waals surface area contributed by atoms with Gasteiger partial charge in [-0.1, -0.05) is 39.3 Å². The molecule has 0 N–H and O–H groups in total. The molecule has 0 radical (unpaired) electrons. The van der Waals surface area contributed by atoms with E-state index in [9.17, 15) is 10.1 Å². The van der Waals surface area contributed by atoms with Crippen molar-refractivity contribution in [3.8, 4) is 0 Å². The molecule has 0 aliphatic heterocycles. The first-order chi connectivity index (χ1) is 8.22. The van der Waals surface area contributed by atoms with Gasteiger partial charge in [-0.3, -0.25) is 10.1 Å². The Labute approximate surface area is 106 Å². The van der Waals surface area contributed by atoms with Gasteiger partial charge in [0.15, 0.2) is 0 Å². The largest absolute Gasteiger partial charge is 0.274 e. The summed E-state index contributed by atoms with van der Waals surface area (Å²) in [4.78, 5) is 10.5. The summed E-state index contributed by atoms with van der Waals surface area (Å²) in [6.07, 6.45) is 1.63. The lowest BCUT2D eigenvalue weighted by atomic mass is 10.2. The van der Waals surface area contributed by atoms with Gasteiger partial charge >= 0.3 is 0 Å². The maximum atomic E-state index is 10.9. The zero-order valence-electron chi connectivity index (χ0n) is 8.78. The minimum atomic E-state index is -0.389. The standard InChI is InChI=1S/C10H9BrN4O2/c11-5-9-6-12-13-14(9)7-8-3-1-2-4-10(8)15(16)17/h1-4,6H,5,7H2. The molecule has 1 heterocycles. The summed E-state index contributed by atoms with van der Waals surface area (Å²) in [5.74, 6) is 0. The van der Waals surface area contributed by atoms with Crippen LogP contribution in [0.1, 0.15) is 11.3 Å². The van der Waals surface area contributed by atoms with Gasteiger partial charge in [-0.05, 0) is 0 Å². The Morgan fingerprint density at radius 3 is 2.88 bits per heavy atom. The van der Waals surface area contributed by atoms with Gasteiger partial charge in [-0.2, -0.15) is 0 Å². The number of benzene rings is 1. The van der Waals surface area contributed by atoms with Gasteiger partial charge in [0.1, 0.15) is 0 Å². The van der Waals surface area contributed by atoms with E-state index < -0.39 is 0 Å². The zero-order valence-corrected chi connectivity index (χ0v) is 10.4. The van der Waals surface area contributed by atoms with E-state index in [0.29, 0.717) is 17.4 Å². The average Bonchev–Trinajstić information content (AvgIpc) is 2.77. The Morgan fingerprint density at radius 2 is 2.18 bits per heavy atom. The number of nitro groups is 1. The summed E-state index contributed by atoms with van der Waals surface area (Å²) in [6, 6.07) is 6.62. The quantitative estimate of drug-likeness (QED) is 0.492. The molecule has 1 aromatic carbocycles. The first-order valence-electron chi connectivity index (χ1n) is 4.88. The molecule has 17 heavy (non-hydrogen) atoms. The van der Waals surface area contributed by atoms with Crippen LogP contribution in [0.4, 0.5) is 5.69 Å². The van der Waals surface area contributed by atoms with E-state index in [4.69, 9.17) is 0 Å². The molecule has 0 atom stereocenters. The molecule has 0 fully saturated rings. The van der Waals surface area contributed by atoms with Crippen LogP contribution in [0.25, 0.3) is 0 Å². The molecule has 0 bridgehead atoms. The molecule has 0 spiro atoms. The van der Waals surface area contributed by atoms with Crippen molar-refractivity contribution in [1.29, 1.82) is 0 Å². The Balaban J connectivity index is 2.33. The SMILES string of the molecule is O=[N+]([O-])c1ccccc1Cn1nncc1CBr. The van der Waals surface area contributed by atoms with E-state index in [1.54, 1.807) is 29.1 Å². The Bertz CT molecular complexity index is 541. The summed E-state index contributed by atoms with van der Waals surface area (Å²) in [5.41, 5.74) is 1.59. The number of rotatable bonds is 4. The van der Waals surface area contributed by atoms with Crippen molar-refractivity contribution in [2.75, 3.05) is 0 Å². The molecule has 0 aliphatic rings. The molecule has 7 heteroatoms. The fourth-order valence-corrected chi connectivity index (χ4v) is 1.93. The second kappa shape index (κ2) is 5.05. The number of para-hydroxylation sites is 1. The summed E-state index contributed by atoms with van der Waals surface area (Å²) in [6.45, 7) is 0.345. The topological polar surface area (TPSA) is 73.8 Å². The van der Waals surface area contributed by atoms with Crippen molar-refractivity contribution < 1.29 is 4.92 Å². The monoisotopic (exact) mass is 296 g/mol. The molecular weight excluding hydrogens is 288 g/mol. The van der Waals surface area contributed by atoms with Gasteiger partial charge < -0.3 is 0 Å². The van der Waals surface area contributed by atoms with E-state index in [2.05, 4.69) is 26.2 Å². The minimum absolute atomic E-state index is 0.100.